The Labute approximate surface area is 166 Å². The maximum atomic E-state index is 11.4. The Bertz CT molecular complexity index is 1190. The lowest BCUT2D eigenvalue weighted by atomic mass is 10.0. The Hall–Kier alpha value is -3.23. The minimum Gasteiger partial charge on any atom is -0.225 e. The second-order valence-electron chi connectivity index (χ2n) is 5.58. The number of nitrogens with zero attached hydrogens (tertiary/aromatic N) is 5. The molecule has 3 aromatic rings. The van der Waals surface area contributed by atoms with Gasteiger partial charge in [0.15, 0.2) is 0 Å². The molecule has 0 spiro atoms. The molecule has 0 heterocycles. The molecule has 28 heavy (non-hydrogen) atoms. The molecule has 0 radical (unpaired) electrons. The summed E-state index contributed by atoms with van der Waals surface area (Å²) < 4.78 is 22.9. The highest BCUT2D eigenvalue weighted by Crippen LogP contribution is 2.44. The average molecular weight is 413 g/mol. The van der Waals surface area contributed by atoms with Gasteiger partial charge < -0.3 is 0 Å². The Morgan fingerprint density at radius 3 is 2.21 bits per heavy atom. The number of azide groups is 1. The van der Waals surface area contributed by atoms with E-state index in [4.69, 9.17) is 22.3 Å². The summed E-state index contributed by atoms with van der Waals surface area (Å²) >= 11 is 6.32. The SMILES string of the molecule is [N-]=[N+]=Nc1c(N=Nc2ccccc2)ccc(Cl)c1-c1ccc(S(N)(=O)=O)cc1. The zero-order valence-corrected chi connectivity index (χ0v) is 15.8. The first-order valence-electron chi connectivity index (χ1n) is 7.88. The molecule has 0 unspecified atom stereocenters. The average Bonchev–Trinajstić information content (AvgIpc) is 2.68. The molecule has 0 atom stereocenters. The lowest BCUT2D eigenvalue weighted by Gasteiger charge is -2.11. The molecule has 2 N–H and O–H groups in total. The largest absolute Gasteiger partial charge is 0.238 e. The van der Waals surface area contributed by atoms with Crippen molar-refractivity contribution in [2.45, 2.75) is 4.90 Å². The minimum absolute atomic E-state index is 0.0439. The highest BCUT2D eigenvalue weighted by Gasteiger charge is 2.15. The van der Waals surface area contributed by atoms with Crippen LogP contribution in [0.3, 0.4) is 0 Å². The van der Waals surface area contributed by atoms with Crippen molar-refractivity contribution in [3.63, 3.8) is 0 Å². The molecule has 0 aromatic heterocycles. The fraction of sp³-hybridized carbons (Fsp3) is 0. The van der Waals surface area contributed by atoms with Crippen molar-refractivity contribution in [2.75, 3.05) is 0 Å². The minimum atomic E-state index is -3.83. The first kappa shape index (κ1) is 19.5. The normalized spacial score (nSPS) is 11.4. The van der Waals surface area contributed by atoms with Gasteiger partial charge in [0.05, 0.1) is 22.0 Å². The first-order valence-corrected chi connectivity index (χ1v) is 9.80. The van der Waals surface area contributed by atoms with E-state index in [2.05, 4.69) is 20.3 Å². The van der Waals surface area contributed by atoms with Crippen molar-refractivity contribution in [3.8, 4) is 11.1 Å². The summed E-state index contributed by atoms with van der Waals surface area (Å²) in [4.78, 5) is 2.81. The van der Waals surface area contributed by atoms with E-state index in [9.17, 15) is 8.42 Å². The van der Waals surface area contributed by atoms with Crippen LogP contribution in [0.1, 0.15) is 0 Å². The Morgan fingerprint density at radius 1 is 0.929 bits per heavy atom. The lowest BCUT2D eigenvalue weighted by molar-refractivity contribution is 0.598. The van der Waals surface area contributed by atoms with Crippen LogP contribution in [0.15, 0.2) is 87.0 Å². The number of rotatable bonds is 5. The van der Waals surface area contributed by atoms with Crippen LogP contribution in [-0.4, -0.2) is 8.42 Å². The summed E-state index contributed by atoms with van der Waals surface area (Å²) in [5.41, 5.74) is 11.1. The zero-order valence-electron chi connectivity index (χ0n) is 14.3. The maximum Gasteiger partial charge on any atom is 0.238 e. The van der Waals surface area contributed by atoms with E-state index < -0.39 is 10.0 Å². The Balaban J connectivity index is 2.13. The number of benzene rings is 3. The molecule has 3 rings (SSSR count). The number of sulfonamides is 1. The van der Waals surface area contributed by atoms with E-state index >= 15 is 0 Å². The predicted molar refractivity (Wildman–Crippen MR) is 108 cm³/mol. The van der Waals surface area contributed by atoms with Crippen LogP contribution in [0, 0.1) is 0 Å². The van der Waals surface area contributed by atoms with Gasteiger partial charge in [0.2, 0.25) is 10.0 Å². The van der Waals surface area contributed by atoms with Gasteiger partial charge in [0.1, 0.15) is 0 Å². The van der Waals surface area contributed by atoms with Crippen molar-refractivity contribution >= 4 is 38.7 Å². The molecular formula is C18H13ClN6O2S. The van der Waals surface area contributed by atoms with Gasteiger partial charge in [0, 0.05) is 15.5 Å². The second kappa shape index (κ2) is 8.20. The van der Waals surface area contributed by atoms with E-state index in [-0.39, 0.29) is 10.6 Å². The van der Waals surface area contributed by atoms with Gasteiger partial charge in [0.25, 0.3) is 0 Å². The van der Waals surface area contributed by atoms with Gasteiger partial charge in [-0.05, 0) is 47.5 Å². The Morgan fingerprint density at radius 2 is 1.61 bits per heavy atom. The summed E-state index contributed by atoms with van der Waals surface area (Å²) in [6, 6.07) is 18.0. The molecule has 10 heteroatoms. The first-order chi connectivity index (χ1) is 13.4. The molecule has 140 valence electrons. The highest BCUT2D eigenvalue weighted by molar-refractivity contribution is 7.89. The van der Waals surface area contributed by atoms with Crippen LogP contribution in [0.2, 0.25) is 5.02 Å². The fourth-order valence-corrected chi connectivity index (χ4v) is 3.25. The Kier molecular flexibility index (Phi) is 5.72. The standard InChI is InChI=1S/C18H13ClN6O2S/c19-15-10-11-16(23-22-13-4-2-1-3-5-13)18(24-25-20)17(15)12-6-8-14(9-7-12)28(21,26)27/h1-11H,(H2,21,26,27). The van der Waals surface area contributed by atoms with Crippen molar-refractivity contribution in [1.29, 1.82) is 0 Å². The van der Waals surface area contributed by atoms with Crippen molar-refractivity contribution in [2.24, 2.45) is 20.5 Å². The maximum absolute atomic E-state index is 11.4. The van der Waals surface area contributed by atoms with Crippen LogP contribution >= 0.6 is 11.6 Å². The van der Waals surface area contributed by atoms with Crippen molar-refractivity contribution in [3.05, 3.63) is 82.2 Å². The molecule has 8 nitrogen and oxygen atoms in total. The van der Waals surface area contributed by atoms with Crippen LogP contribution < -0.4 is 5.14 Å². The van der Waals surface area contributed by atoms with E-state index in [1.807, 2.05) is 18.2 Å². The number of nitrogens with two attached hydrogens (primary N) is 1. The number of primary sulfonamides is 1. The van der Waals surface area contributed by atoms with Crippen molar-refractivity contribution < 1.29 is 8.42 Å². The number of halogens is 1. The zero-order chi connectivity index (χ0) is 20.1. The van der Waals surface area contributed by atoms with Gasteiger partial charge in [-0.2, -0.15) is 10.2 Å². The molecule has 0 saturated heterocycles. The summed E-state index contributed by atoms with van der Waals surface area (Å²) in [6.07, 6.45) is 0. The van der Waals surface area contributed by atoms with Crippen LogP contribution in [0.5, 0.6) is 0 Å². The topological polar surface area (TPSA) is 134 Å². The molecule has 0 fully saturated rings. The third kappa shape index (κ3) is 4.36. The van der Waals surface area contributed by atoms with E-state index in [1.54, 1.807) is 24.3 Å². The molecule has 0 aliphatic rings. The lowest BCUT2D eigenvalue weighted by Crippen LogP contribution is -2.11. The van der Waals surface area contributed by atoms with Gasteiger partial charge in [-0.3, -0.25) is 0 Å². The summed E-state index contributed by atoms with van der Waals surface area (Å²) in [6.45, 7) is 0. The monoisotopic (exact) mass is 412 g/mol. The smallest absolute Gasteiger partial charge is 0.225 e. The molecule has 0 saturated carbocycles. The molecule has 0 bridgehead atoms. The van der Waals surface area contributed by atoms with Gasteiger partial charge in [-0.25, -0.2) is 13.6 Å². The van der Waals surface area contributed by atoms with E-state index in [1.165, 1.54) is 24.3 Å². The summed E-state index contributed by atoms with van der Waals surface area (Å²) in [5.74, 6) is 0. The van der Waals surface area contributed by atoms with Gasteiger partial charge in [-0.1, -0.05) is 47.0 Å². The number of azo groups is 1. The molecule has 0 aliphatic carbocycles. The molecule has 3 aromatic carbocycles. The summed E-state index contributed by atoms with van der Waals surface area (Å²) in [7, 11) is -3.83. The van der Waals surface area contributed by atoms with Crippen LogP contribution in [-0.2, 0) is 10.0 Å². The molecule has 0 amide bonds. The van der Waals surface area contributed by atoms with Gasteiger partial charge in [-0.15, -0.1) is 0 Å². The molecule has 0 aliphatic heterocycles. The fourth-order valence-electron chi connectivity index (χ4n) is 2.47. The van der Waals surface area contributed by atoms with Crippen molar-refractivity contribution in [1.82, 2.24) is 0 Å². The van der Waals surface area contributed by atoms with E-state index in [0.29, 0.717) is 27.5 Å². The summed E-state index contributed by atoms with van der Waals surface area (Å²) in [5, 5.41) is 17.5. The third-order valence-electron chi connectivity index (χ3n) is 3.75. The number of hydrogen-bond donors (Lipinski definition) is 1. The van der Waals surface area contributed by atoms with Crippen LogP contribution in [0.4, 0.5) is 17.1 Å². The van der Waals surface area contributed by atoms with Gasteiger partial charge >= 0.3 is 0 Å². The second-order valence-corrected chi connectivity index (χ2v) is 7.55. The van der Waals surface area contributed by atoms with E-state index in [0.717, 1.165) is 0 Å². The quantitative estimate of drug-likeness (QED) is 0.312. The highest BCUT2D eigenvalue weighted by atomic mass is 35.5. The number of hydrogen-bond acceptors (Lipinski definition) is 5. The predicted octanol–water partition coefficient (Wildman–Crippen LogP) is 6.01. The van der Waals surface area contributed by atoms with Crippen LogP contribution in [0.25, 0.3) is 21.6 Å². The third-order valence-corrected chi connectivity index (χ3v) is 5.00. The molecular weight excluding hydrogens is 400 g/mol.